The van der Waals surface area contributed by atoms with Crippen molar-refractivity contribution in [3.05, 3.63) is 75.8 Å². The quantitative estimate of drug-likeness (QED) is 0.478. The van der Waals surface area contributed by atoms with Crippen molar-refractivity contribution in [1.82, 2.24) is 15.2 Å². The van der Waals surface area contributed by atoms with Gasteiger partial charge in [-0.05, 0) is 56.9 Å². The van der Waals surface area contributed by atoms with E-state index in [0.29, 0.717) is 50.8 Å². The molecule has 0 bridgehead atoms. The van der Waals surface area contributed by atoms with Crippen molar-refractivity contribution in [2.75, 3.05) is 27.2 Å². The van der Waals surface area contributed by atoms with E-state index in [-0.39, 0.29) is 11.8 Å². The summed E-state index contributed by atoms with van der Waals surface area (Å²) in [5, 5.41) is 14.0. The first-order valence-corrected chi connectivity index (χ1v) is 10.6. The Labute approximate surface area is 190 Å². The van der Waals surface area contributed by atoms with Gasteiger partial charge in [-0.2, -0.15) is 0 Å². The molecule has 32 heavy (non-hydrogen) atoms. The summed E-state index contributed by atoms with van der Waals surface area (Å²) in [6.07, 6.45) is 0.864. The Morgan fingerprint density at radius 1 is 1.06 bits per heavy atom. The molecule has 0 atom stereocenters. The number of aromatic nitrogens is 1. The lowest BCUT2D eigenvalue weighted by Crippen LogP contribution is -2.27. The normalized spacial score (nSPS) is 12.8. The first-order valence-electron chi connectivity index (χ1n) is 10.2. The van der Waals surface area contributed by atoms with Crippen LogP contribution in [-0.2, 0) is 0 Å². The molecule has 1 aliphatic heterocycles. The Morgan fingerprint density at radius 2 is 1.72 bits per heavy atom. The largest absolute Gasteiger partial charge is 0.494 e. The number of nitrogens with zero attached hydrogens (tertiary/aromatic N) is 2. The number of rotatable bonds is 7. The molecule has 0 saturated carbocycles. The lowest BCUT2D eigenvalue weighted by Gasteiger charge is -2.10. The SMILES string of the molecule is CN(C)CCCNC(=O)c1ccc(-c2[nH]c(O)c3c2C(=O)N=C3c2ccc(Cl)cc2)cc1. The minimum atomic E-state index is -0.431. The van der Waals surface area contributed by atoms with Crippen LogP contribution in [0.25, 0.3) is 11.3 Å². The Kier molecular flexibility index (Phi) is 6.12. The second-order valence-corrected chi connectivity index (χ2v) is 8.30. The summed E-state index contributed by atoms with van der Waals surface area (Å²) in [7, 11) is 3.98. The number of aliphatic imine (C=N–C) groups is 1. The zero-order chi connectivity index (χ0) is 22.8. The molecule has 3 N–H and O–H groups in total. The van der Waals surface area contributed by atoms with Gasteiger partial charge in [0.15, 0.2) is 5.88 Å². The second-order valence-electron chi connectivity index (χ2n) is 7.86. The summed E-state index contributed by atoms with van der Waals surface area (Å²) in [5.74, 6) is -0.712. The first kappa shape index (κ1) is 21.8. The zero-order valence-corrected chi connectivity index (χ0v) is 18.5. The number of amides is 2. The number of carbonyl (C=O) groups is 2. The van der Waals surface area contributed by atoms with E-state index in [1.54, 1.807) is 48.5 Å². The number of aromatic amines is 1. The lowest BCUT2D eigenvalue weighted by atomic mass is 9.99. The number of hydrogen-bond donors (Lipinski definition) is 3. The van der Waals surface area contributed by atoms with Crippen LogP contribution in [0.2, 0.25) is 5.02 Å². The number of aromatic hydroxyl groups is 1. The van der Waals surface area contributed by atoms with Crippen LogP contribution >= 0.6 is 11.6 Å². The van der Waals surface area contributed by atoms with Crippen LogP contribution < -0.4 is 5.32 Å². The van der Waals surface area contributed by atoms with Crippen LogP contribution in [0.5, 0.6) is 5.88 Å². The third kappa shape index (κ3) is 4.30. The molecule has 3 aromatic rings. The topological polar surface area (TPSA) is 97.8 Å². The number of H-pyrrole nitrogens is 1. The van der Waals surface area contributed by atoms with Crippen LogP contribution in [0.3, 0.4) is 0 Å². The molecule has 0 aliphatic carbocycles. The highest BCUT2D eigenvalue weighted by atomic mass is 35.5. The standard InChI is InChI=1S/C24H23ClN4O3/c1-29(2)13-3-12-26-22(30)16-6-4-14(5-7-16)20-18-19(24(32)27-20)21(28-23(18)31)15-8-10-17(25)11-9-15/h4-11,27,32H,3,12-13H2,1-2H3,(H,26,30). The minimum absolute atomic E-state index is 0.128. The van der Waals surface area contributed by atoms with Crippen molar-refractivity contribution >= 4 is 29.1 Å². The van der Waals surface area contributed by atoms with Crippen molar-refractivity contribution in [2.24, 2.45) is 4.99 Å². The average Bonchev–Trinajstić information content (AvgIpc) is 3.30. The fourth-order valence-electron chi connectivity index (χ4n) is 3.67. The molecule has 0 unspecified atom stereocenters. The van der Waals surface area contributed by atoms with E-state index in [0.717, 1.165) is 13.0 Å². The predicted octanol–water partition coefficient (Wildman–Crippen LogP) is 3.71. The Morgan fingerprint density at radius 3 is 2.38 bits per heavy atom. The van der Waals surface area contributed by atoms with E-state index < -0.39 is 5.91 Å². The maximum Gasteiger partial charge on any atom is 0.280 e. The van der Waals surface area contributed by atoms with E-state index in [1.807, 2.05) is 14.1 Å². The van der Waals surface area contributed by atoms with Crippen molar-refractivity contribution < 1.29 is 14.7 Å². The fraction of sp³-hybridized carbons (Fsp3) is 0.208. The van der Waals surface area contributed by atoms with E-state index in [1.165, 1.54) is 0 Å². The van der Waals surface area contributed by atoms with Gasteiger partial charge in [0.1, 0.15) is 0 Å². The lowest BCUT2D eigenvalue weighted by molar-refractivity contribution is 0.0951. The molecule has 164 valence electrons. The maximum absolute atomic E-state index is 12.7. The van der Waals surface area contributed by atoms with Gasteiger partial charge in [0.25, 0.3) is 11.8 Å². The van der Waals surface area contributed by atoms with Gasteiger partial charge in [0.05, 0.1) is 22.5 Å². The molecule has 2 amide bonds. The van der Waals surface area contributed by atoms with E-state index >= 15 is 0 Å². The summed E-state index contributed by atoms with van der Waals surface area (Å²) in [6, 6.07) is 13.8. The third-order valence-electron chi connectivity index (χ3n) is 5.27. The molecule has 0 saturated heterocycles. The molecular weight excluding hydrogens is 428 g/mol. The highest BCUT2D eigenvalue weighted by Gasteiger charge is 2.33. The summed E-state index contributed by atoms with van der Waals surface area (Å²) in [4.78, 5) is 34.1. The maximum atomic E-state index is 12.7. The molecular formula is C24H23ClN4O3. The van der Waals surface area contributed by atoms with Crippen LogP contribution in [0.1, 0.15) is 38.3 Å². The van der Waals surface area contributed by atoms with Gasteiger partial charge in [-0.15, -0.1) is 0 Å². The first-order chi connectivity index (χ1) is 15.3. The van der Waals surface area contributed by atoms with Gasteiger partial charge in [0.2, 0.25) is 0 Å². The summed E-state index contributed by atoms with van der Waals surface area (Å²) >= 11 is 5.95. The Bertz CT molecular complexity index is 1200. The van der Waals surface area contributed by atoms with Gasteiger partial charge in [-0.3, -0.25) is 9.59 Å². The highest BCUT2D eigenvalue weighted by molar-refractivity contribution is 6.32. The number of hydrogen-bond acceptors (Lipinski definition) is 4. The van der Waals surface area contributed by atoms with Crippen LogP contribution in [0, 0.1) is 0 Å². The molecule has 2 aromatic carbocycles. The van der Waals surface area contributed by atoms with Crippen molar-refractivity contribution in [3.63, 3.8) is 0 Å². The number of carbonyl (C=O) groups excluding carboxylic acids is 2. The number of fused-ring (bicyclic) bond motifs is 1. The second kappa shape index (κ2) is 8.98. The van der Waals surface area contributed by atoms with Crippen molar-refractivity contribution in [1.29, 1.82) is 0 Å². The molecule has 7 nitrogen and oxygen atoms in total. The monoisotopic (exact) mass is 450 g/mol. The summed E-state index contributed by atoms with van der Waals surface area (Å²) < 4.78 is 0. The van der Waals surface area contributed by atoms with Gasteiger partial charge in [-0.25, -0.2) is 4.99 Å². The Hall–Kier alpha value is -3.42. The molecule has 2 heterocycles. The predicted molar refractivity (Wildman–Crippen MR) is 125 cm³/mol. The van der Waals surface area contributed by atoms with Crippen LogP contribution in [-0.4, -0.2) is 59.7 Å². The molecule has 4 rings (SSSR count). The molecule has 0 radical (unpaired) electrons. The summed E-state index contributed by atoms with van der Waals surface area (Å²) in [6.45, 7) is 1.49. The van der Waals surface area contributed by atoms with E-state index in [2.05, 4.69) is 20.2 Å². The number of nitrogens with one attached hydrogen (secondary N) is 2. The molecule has 8 heteroatoms. The van der Waals surface area contributed by atoms with Gasteiger partial charge < -0.3 is 20.3 Å². The summed E-state index contributed by atoms with van der Waals surface area (Å²) in [5.41, 5.74) is 3.43. The van der Waals surface area contributed by atoms with Crippen LogP contribution in [0.4, 0.5) is 0 Å². The fourth-order valence-corrected chi connectivity index (χ4v) is 3.79. The molecule has 1 aliphatic rings. The average molecular weight is 451 g/mol. The van der Waals surface area contributed by atoms with Crippen molar-refractivity contribution in [2.45, 2.75) is 6.42 Å². The smallest absolute Gasteiger partial charge is 0.280 e. The third-order valence-corrected chi connectivity index (χ3v) is 5.52. The van der Waals surface area contributed by atoms with E-state index in [4.69, 9.17) is 11.6 Å². The van der Waals surface area contributed by atoms with Gasteiger partial charge in [0, 0.05) is 22.7 Å². The Balaban J connectivity index is 1.56. The van der Waals surface area contributed by atoms with Gasteiger partial charge >= 0.3 is 0 Å². The number of halogens is 1. The zero-order valence-electron chi connectivity index (χ0n) is 17.8. The molecule has 1 aromatic heterocycles. The highest BCUT2D eigenvalue weighted by Crippen LogP contribution is 2.38. The minimum Gasteiger partial charge on any atom is -0.494 e. The van der Waals surface area contributed by atoms with Crippen LogP contribution in [0.15, 0.2) is 53.5 Å². The van der Waals surface area contributed by atoms with E-state index in [9.17, 15) is 14.7 Å². The molecule has 0 spiro atoms. The number of benzene rings is 2. The van der Waals surface area contributed by atoms with Gasteiger partial charge in [-0.1, -0.05) is 35.9 Å². The van der Waals surface area contributed by atoms with Crippen molar-refractivity contribution in [3.8, 4) is 17.1 Å². The molecule has 0 fully saturated rings.